The van der Waals surface area contributed by atoms with Crippen molar-refractivity contribution in [1.82, 2.24) is 26.2 Å². The molecule has 0 saturated carbocycles. The molecule has 17 nitrogen and oxygen atoms in total. The van der Waals surface area contributed by atoms with Gasteiger partial charge in [0.15, 0.2) is 6.61 Å². The molecule has 0 spiro atoms. The summed E-state index contributed by atoms with van der Waals surface area (Å²) in [7, 11) is 0. The van der Waals surface area contributed by atoms with Crippen molar-refractivity contribution in [3.05, 3.63) is 42.0 Å². The largest absolute Gasteiger partial charge is 0.482 e. The summed E-state index contributed by atoms with van der Waals surface area (Å²) in [6.07, 6.45) is 3.41. The maximum atomic E-state index is 13.7. The molecule has 1 aromatic carbocycles. The van der Waals surface area contributed by atoms with Crippen molar-refractivity contribution in [1.29, 1.82) is 0 Å². The number of aliphatic carboxylic acids is 1. The molecule has 0 radical (unpaired) electrons. The first-order valence-electron chi connectivity index (χ1n) is 17.3. The first kappa shape index (κ1) is 43.7. The molecule has 1 aliphatic heterocycles. The van der Waals surface area contributed by atoms with Crippen LogP contribution in [0.15, 0.2) is 36.4 Å². The Morgan fingerprint density at radius 3 is 2.04 bits per heavy atom. The highest BCUT2D eigenvalue weighted by Gasteiger charge is 2.30. The van der Waals surface area contributed by atoms with Crippen LogP contribution in [0.1, 0.15) is 90.4 Å². The number of carboxylic acid groups (broad SMARTS) is 1. The van der Waals surface area contributed by atoms with E-state index in [1.54, 1.807) is 41.5 Å². The van der Waals surface area contributed by atoms with E-state index in [0.29, 0.717) is 25.7 Å². The van der Waals surface area contributed by atoms with E-state index in [2.05, 4.69) is 21.3 Å². The molecule has 5 N–H and O–H groups in total. The van der Waals surface area contributed by atoms with E-state index in [4.69, 9.17) is 19.3 Å². The maximum absolute atomic E-state index is 13.7. The van der Waals surface area contributed by atoms with Gasteiger partial charge in [-0.25, -0.2) is 14.4 Å². The van der Waals surface area contributed by atoms with Crippen LogP contribution in [0.2, 0.25) is 0 Å². The maximum Gasteiger partial charge on any atom is 0.407 e. The number of nitrogens with zero attached hydrogens (tertiary/aromatic N) is 1. The molecule has 292 valence electrons. The van der Waals surface area contributed by atoms with Gasteiger partial charge in [0, 0.05) is 30.8 Å². The van der Waals surface area contributed by atoms with Crippen LogP contribution in [0, 0.1) is 0 Å². The summed E-state index contributed by atoms with van der Waals surface area (Å²) in [5.74, 6) is -4.70. The van der Waals surface area contributed by atoms with Gasteiger partial charge < -0.3 is 40.6 Å². The fraction of sp³-hybridized carbons (Fsp3) is 0.556. The molecular weight excluding hydrogens is 694 g/mol. The number of alkyl carbamates (subject to hydrolysis) is 1. The summed E-state index contributed by atoms with van der Waals surface area (Å²) in [6, 6.07) is 3.41. The molecule has 53 heavy (non-hydrogen) atoms. The molecule has 0 bridgehead atoms. The fourth-order valence-electron chi connectivity index (χ4n) is 4.79. The van der Waals surface area contributed by atoms with Gasteiger partial charge in [0.1, 0.15) is 29.0 Å². The number of unbranched alkanes of at least 4 members (excludes halogenated alkanes) is 2. The first-order valence-corrected chi connectivity index (χ1v) is 17.3. The minimum Gasteiger partial charge on any atom is -0.482 e. The SMILES string of the molecule is CC(C)(C)OC(=O)NCCCC[C@H](NC(=O)CNC(=O)c1cccc(OCC(=O)O)c1)C(=O)N[C@@H](CCCCN1C(=O)C=CC1=O)C(=O)OC(C)(C)C. The number of esters is 1. The van der Waals surface area contributed by atoms with E-state index in [0.717, 1.165) is 4.90 Å². The van der Waals surface area contributed by atoms with Crippen LogP contribution in [-0.2, 0) is 38.2 Å². The van der Waals surface area contributed by atoms with Crippen LogP contribution in [0.4, 0.5) is 4.79 Å². The lowest BCUT2D eigenvalue weighted by atomic mass is 10.1. The summed E-state index contributed by atoms with van der Waals surface area (Å²) in [5, 5.41) is 19.2. The van der Waals surface area contributed by atoms with Crippen molar-refractivity contribution >= 4 is 47.6 Å². The quantitative estimate of drug-likeness (QED) is 0.0732. The van der Waals surface area contributed by atoms with Gasteiger partial charge in [0.05, 0.1) is 6.54 Å². The lowest BCUT2D eigenvalue weighted by molar-refractivity contribution is -0.159. The van der Waals surface area contributed by atoms with Crippen LogP contribution in [-0.4, -0.2) is 107 Å². The van der Waals surface area contributed by atoms with Gasteiger partial charge in [-0.05, 0) is 98.3 Å². The Morgan fingerprint density at radius 2 is 1.42 bits per heavy atom. The highest BCUT2D eigenvalue weighted by molar-refractivity contribution is 6.12. The average molecular weight is 746 g/mol. The molecule has 0 fully saturated rings. The van der Waals surface area contributed by atoms with Crippen molar-refractivity contribution in [2.75, 3.05) is 26.2 Å². The van der Waals surface area contributed by atoms with Crippen molar-refractivity contribution in [3.63, 3.8) is 0 Å². The second kappa shape index (κ2) is 20.5. The zero-order valence-electron chi connectivity index (χ0n) is 31.1. The van der Waals surface area contributed by atoms with Crippen LogP contribution in [0.25, 0.3) is 0 Å². The van der Waals surface area contributed by atoms with Gasteiger partial charge in [-0.15, -0.1) is 0 Å². The molecule has 6 amide bonds. The van der Waals surface area contributed by atoms with Crippen LogP contribution in [0.5, 0.6) is 5.75 Å². The lowest BCUT2D eigenvalue weighted by Gasteiger charge is -2.26. The van der Waals surface area contributed by atoms with E-state index in [1.165, 1.54) is 36.4 Å². The number of hydrogen-bond donors (Lipinski definition) is 5. The van der Waals surface area contributed by atoms with Crippen LogP contribution < -0.4 is 26.0 Å². The Balaban J connectivity index is 2.10. The zero-order chi connectivity index (χ0) is 39.8. The summed E-state index contributed by atoms with van der Waals surface area (Å²) in [4.78, 5) is 100. The Morgan fingerprint density at radius 1 is 0.792 bits per heavy atom. The number of imide groups is 1. The number of rotatable bonds is 20. The molecule has 1 aliphatic rings. The number of carbonyl (C=O) groups excluding carboxylic acids is 7. The molecular formula is C36H51N5O12. The molecule has 0 saturated heterocycles. The predicted octanol–water partition coefficient (Wildman–Crippen LogP) is 1.98. The Labute approximate surface area is 308 Å². The highest BCUT2D eigenvalue weighted by atomic mass is 16.6. The van der Waals surface area contributed by atoms with Gasteiger partial charge >= 0.3 is 18.0 Å². The summed E-state index contributed by atoms with van der Waals surface area (Å²) < 4.78 is 15.8. The van der Waals surface area contributed by atoms with Gasteiger partial charge in [0.25, 0.3) is 17.7 Å². The summed E-state index contributed by atoms with van der Waals surface area (Å²) in [5.41, 5.74) is -1.47. The van der Waals surface area contributed by atoms with E-state index in [9.17, 15) is 38.4 Å². The number of ether oxygens (including phenoxy) is 3. The van der Waals surface area contributed by atoms with E-state index in [-0.39, 0.29) is 37.2 Å². The number of hydrogen-bond acceptors (Lipinski definition) is 11. The Kier molecular flexibility index (Phi) is 16.9. The predicted molar refractivity (Wildman–Crippen MR) is 189 cm³/mol. The average Bonchev–Trinajstić information content (AvgIpc) is 3.37. The van der Waals surface area contributed by atoms with Crippen LogP contribution in [0.3, 0.4) is 0 Å². The number of carboxylic acids is 1. The highest BCUT2D eigenvalue weighted by Crippen LogP contribution is 2.15. The topological polar surface area (TPSA) is 236 Å². The molecule has 0 aliphatic carbocycles. The minimum atomic E-state index is -1.20. The summed E-state index contributed by atoms with van der Waals surface area (Å²) >= 11 is 0. The van der Waals surface area contributed by atoms with Crippen molar-refractivity contribution in [2.24, 2.45) is 0 Å². The molecule has 0 unspecified atom stereocenters. The van der Waals surface area contributed by atoms with Gasteiger partial charge in [-0.1, -0.05) is 6.07 Å². The fourth-order valence-corrected chi connectivity index (χ4v) is 4.79. The standard InChI is InChI=1S/C36H51N5O12/c1-35(2,3)52-33(49)26(15-8-10-19-41-28(43)16-17-29(41)44)40-32(48)25(14-7-9-18-37-34(50)53-36(4,5)6)39-27(42)21-38-31(47)23-12-11-13-24(20-23)51-22-30(45)46/h11-13,16-17,20,25-26H,7-10,14-15,18-19,21-22H2,1-6H3,(H,37,50)(H,38,47)(H,39,42)(H,40,48)(H,45,46)/t25-,26-/m0/s1. The smallest absolute Gasteiger partial charge is 0.407 e. The first-order chi connectivity index (χ1) is 24.7. The summed E-state index contributed by atoms with van der Waals surface area (Å²) in [6.45, 7) is 9.41. The van der Waals surface area contributed by atoms with E-state index < -0.39 is 84.0 Å². The molecule has 1 heterocycles. The van der Waals surface area contributed by atoms with Crippen molar-refractivity contribution in [3.8, 4) is 5.75 Å². The third-order valence-corrected chi connectivity index (χ3v) is 7.14. The Hall–Kier alpha value is -5.48. The second-order valence-electron chi connectivity index (χ2n) is 14.2. The molecule has 2 rings (SSSR count). The molecule has 2 atom stereocenters. The molecule has 0 aromatic heterocycles. The van der Waals surface area contributed by atoms with E-state index in [1.807, 2.05) is 0 Å². The third kappa shape index (κ3) is 17.5. The number of amides is 6. The zero-order valence-corrected chi connectivity index (χ0v) is 31.1. The van der Waals surface area contributed by atoms with Crippen molar-refractivity contribution in [2.45, 2.75) is 103 Å². The van der Waals surface area contributed by atoms with Crippen LogP contribution >= 0.6 is 0 Å². The van der Waals surface area contributed by atoms with E-state index >= 15 is 0 Å². The van der Waals surface area contributed by atoms with Gasteiger partial charge in [-0.3, -0.25) is 28.9 Å². The third-order valence-electron chi connectivity index (χ3n) is 7.14. The number of carbonyl (C=O) groups is 8. The van der Waals surface area contributed by atoms with Crippen molar-refractivity contribution < 1.29 is 57.7 Å². The minimum absolute atomic E-state index is 0.0949. The normalized spacial score (nSPS) is 13.8. The Bertz CT molecular complexity index is 1510. The monoisotopic (exact) mass is 745 g/mol. The molecule has 17 heteroatoms. The van der Waals surface area contributed by atoms with Gasteiger partial charge in [-0.2, -0.15) is 0 Å². The lowest BCUT2D eigenvalue weighted by Crippen LogP contribution is -2.53. The van der Waals surface area contributed by atoms with Gasteiger partial charge in [0.2, 0.25) is 11.8 Å². The molecule has 1 aromatic rings. The second-order valence-corrected chi connectivity index (χ2v) is 14.2. The number of nitrogens with one attached hydrogen (secondary N) is 4. The number of benzene rings is 1.